The summed E-state index contributed by atoms with van der Waals surface area (Å²) >= 11 is 13.8. The van der Waals surface area contributed by atoms with E-state index in [0.29, 0.717) is 35.0 Å². The van der Waals surface area contributed by atoms with Gasteiger partial charge in [-0.15, -0.1) is 11.3 Å². The lowest BCUT2D eigenvalue weighted by Crippen LogP contribution is -2.40. The zero-order valence-corrected chi connectivity index (χ0v) is 19.3. The molecule has 0 bridgehead atoms. The van der Waals surface area contributed by atoms with Crippen LogP contribution in [-0.4, -0.2) is 35.1 Å². The van der Waals surface area contributed by atoms with Gasteiger partial charge in [0.2, 0.25) is 5.91 Å². The van der Waals surface area contributed by atoms with Crippen LogP contribution in [0, 0.1) is 0 Å². The molecule has 2 aliphatic rings. The number of hydrogen-bond donors (Lipinski definition) is 2. The highest BCUT2D eigenvalue weighted by molar-refractivity contribution is 7.20. The van der Waals surface area contributed by atoms with Crippen LogP contribution in [0.2, 0.25) is 10.0 Å². The van der Waals surface area contributed by atoms with Crippen LogP contribution in [-0.2, 0) is 15.2 Å². The zero-order chi connectivity index (χ0) is 22.5. The number of nitrogens with zero attached hydrogens (tertiary/aromatic N) is 2. The molecule has 3 aromatic rings. The number of fused-ring (bicyclic) bond motifs is 1. The predicted octanol–water partition coefficient (Wildman–Crippen LogP) is 4.26. The van der Waals surface area contributed by atoms with Crippen LogP contribution in [0.5, 0.6) is 0 Å². The van der Waals surface area contributed by atoms with Crippen molar-refractivity contribution in [3.05, 3.63) is 62.6 Å². The Morgan fingerprint density at radius 1 is 1.25 bits per heavy atom. The van der Waals surface area contributed by atoms with E-state index in [4.69, 9.17) is 28.0 Å². The first-order chi connectivity index (χ1) is 15.3. The van der Waals surface area contributed by atoms with Gasteiger partial charge in [0.1, 0.15) is 16.6 Å². The molecule has 4 heterocycles. The molecule has 7 nitrogen and oxygen atoms in total. The van der Waals surface area contributed by atoms with Crippen LogP contribution >= 0.6 is 34.5 Å². The van der Waals surface area contributed by atoms with Crippen LogP contribution < -0.4 is 10.6 Å². The first-order valence-electron chi connectivity index (χ1n) is 10.0. The van der Waals surface area contributed by atoms with Gasteiger partial charge in [0.05, 0.1) is 10.4 Å². The molecule has 2 aliphatic heterocycles. The topological polar surface area (TPSA) is 92.7 Å². The highest BCUT2D eigenvalue weighted by Gasteiger charge is 2.37. The fourth-order valence-electron chi connectivity index (χ4n) is 3.86. The highest BCUT2D eigenvalue weighted by Crippen LogP contribution is 2.40. The molecule has 2 N–H and O–H groups in total. The van der Waals surface area contributed by atoms with Crippen LogP contribution in [0.1, 0.15) is 40.6 Å². The number of pyridine rings is 1. The Balaban J connectivity index is 1.36. The molecule has 2 aromatic heterocycles. The Hall–Kier alpha value is -2.68. The van der Waals surface area contributed by atoms with E-state index in [1.807, 2.05) is 25.1 Å². The van der Waals surface area contributed by atoms with Crippen molar-refractivity contribution in [2.75, 3.05) is 6.54 Å². The van der Waals surface area contributed by atoms with Crippen LogP contribution in [0.25, 0.3) is 10.2 Å². The Morgan fingerprint density at radius 2 is 2.03 bits per heavy atom. The molecule has 0 saturated carbocycles. The molecular weight excluding hydrogens is 471 g/mol. The van der Waals surface area contributed by atoms with Gasteiger partial charge in [-0.25, -0.2) is 4.98 Å². The number of hydrogen-bond acceptors (Lipinski definition) is 6. The second kappa shape index (κ2) is 8.03. The minimum absolute atomic E-state index is 0.159. The number of rotatable bonds is 4. The van der Waals surface area contributed by atoms with Gasteiger partial charge in [0, 0.05) is 40.2 Å². The van der Waals surface area contributed by atoms with E-state index in [9.17, 15) is 9.59 Å². The number of carbonyl (C=O) groups is 2. The van der Waals surface area contributed by atoms with Crippen molar-refractivity contribution >= 4 is 62.3 Å². The second-order valence-corrected chi connectivity index (χ2v) is 9.93. The van der Waals surface area contributed by atoms with E-state index in [1.54, 1.807) is 12.1 Å². The van der Waals surface area contributed by atoms with Gasteiger partial charge >= 0.3 is 0 Å². The molecule has 1 unspecified atom stereocenters. The third kappa shape index (κ3) is 3.94. The van der Waals surface area contributed by atoms with Crippen LogP contribution in [0.4, 0.5) is 0 Å². The number of amides is 2. The van der Waals surface area contributed by atoms with Crippen molar-refractivity contribution in [1.29, 1.82) is 0 Å². The summed E-state index contributed by atoms with van der Waals surface area (Å²) in [6.45, 7) is 2.51. The maximum Gasteiger partial charge on any atom is 0.253 e. The predicted molar refractivity (Wildman–Crippen MR) is 125 cm³/mol. The summed E-state index contributed by atoms with van der Waals surface area (Å²) < 4.78 is 0. The Kier molecular flexibility index (Phi) is 5.31. The van der Waals surface area contributed by atoms with Crippen molar-refractivity contribution in [2.24, 2.45) is 5.16 Å². The SMILES string of the molecule is CC1(c2cc(Cl)cc(Cl)c2)CC(c2cc3cc(C(=O)N[C@@H]4CCNC4=O)cnc3s2)=NO1. The minimum Gasteiger partial charge on any atom is -0.384 e. The molecule has 0 radical (unpaired) electrons. The lowest BCUT2D eigenvalue weighted by atomic mass is 9.90. The average molecular weight is 489 g/mol. The Labute approximate surface area is 197 Å². The maximum atomic E-state index is 12.6. The largest absolute Gasteiger partial charge is 0.384 e. The fraction of sp³-hybridized carbons (Fsp3) is 0.273. The van der Waals surface area contributed by atoms with Crippen molar-refractivity contribution in [1.82, 2.24) is 15.6 Å². The van der Waals surface area contributed by atoms with E-state index >= 15 is 0 Å². The molecule has 2 atom stereocenters. The lowest BCUT2D eigenvalue weighted by molar-refractivity contribution is -0.120. The van der Waals surface area contributed by atoms with Crippen LogP contribution in [0.15, 0.2) is 41.7 Å². The number of halogens is 2. The van der Waals surface area contributed by atoms with Gasteiger partial charge in [-0.2, -0.15) is 0 Å². The first-order valence-corrected chi connectivity index (χ1v) is 11.6. The average Bonchev–Trinajstić information content (AvgIpc) is 3.46. The summed E-state index contributed by atoms with van der Waals surface area (Å²) in [5.41, 5.74) is 1.37. The standard InChI is InChI=1S/C22H18Cl2N4O3S/c1-22(13-6-14(23)8-15(24)7-13)9-17(28-31-22)18-5-11-4-12(10-26-21(11)32-18)19(29)27-16-2-3-25-20(16)30/h4-8,10,16H,2-3,9H2,1H3,(H,25,30)(H,27,29)/t16-,22?/m1/s1. The number of thiophene rings is 1. The third-order valence-electron chi connectivity index (χ3n) is 5.61. The fourth-order valence-corrected chi connectivity index (χ4v) is 5.35. The number of nitrogens with one attached hydrogen (secondary N) is 2. The van der Waals surface area contributed by atoms with Gasteiger partial charge in [-0.1, -0.05) is 28.4 Å². The van der Waals surface area contributed by atoms with Gasteiger partial charge in [0.15, 0.2) is 5.60 Å². The van der Waals surface area contributed by atoms with Crippen LogP contribution in [0.3, 0.4) is 0 Å². The lowest BCUT2D eigenvalue weighted by Gasteiger charge is -2.22. The summed E-state index contributed by atoms with van der Waals surface area (Å²) in [7, 11) is 0. The Morgan fingerprint density at radius 3 is 2.75 bits per heavy atom. The van der Waals surface area contributed by atoms with Crippen molar-refractivity contribution in [2.45, 2.75) is 31.4 Å². The van der Waals surface area contributed by atoms with Crippen molar-refractivity contribution in [3.63, 3.8) is 0 Å². The van der Waals surface area contributed by atoms with Crippen molar-refractivity contribution in [3.8, 4) is 0 Å². The molecule has 5 rings (SSSR count). The van der Waals surface area contributed by atoms with Gasteiger partial charge in [-0.05, 0) is 43.7 Å². The smallest absolute Gasteiger partial charge is 0.253 e. The zero-order valence-electron chi connectivity index (χ0n) is 16.9. The monoisotopic (exact) mass is 488 g/mol. The van der Waals surface area contributed by atoms with E-state index < -0.39 is 11.6 Å². The number of carbonyl (C=O) groups excluding carboxylic acids is 2. The highest BCUT2D eigenvalue weighted by atomic mass is 35.5. The minimum atomic E-state index is -0.680. The van der Waals surface area contributed by atoms with E-state index in [0.717, 1.165) is 26.4 Å². The van der Waals surface area contributed by atoms with Gasteiger partial charge in [-0.3, -0.25) is 9.59 Å². The summed E-state index contributed by atoms with van der Waals surface area (Å²) in [6, 6.07) is 8.56. The first kappa shape index (κ1) is 21.2. The number of benzene rings is 1. The van der Waals surface area contributed by atoms with Gasteiger partial charge in [0.25, 0.3) is 5.91 Å². The molecular formula is C22H18Cl2N4O3S. The second-order valence-electron chi connectivity index (χ2n) is 8.03. The summed E-state index contributed by atoms with van der Waals surface area (Å²) in [4.78, 5) is 36.2. The molecule has 1 fully saturated rings. The van der Waals surface area contributed by atoms with E-state index in [1.165, 1.54) is 17.5 Å². The molecule has 10 heteroatoms. The normalized spacial score (nSPS) is 22.5. The summed E-state index contributed by atoms with van der Waals surface area (Å²) in [6.07, 6.45) is 2.65. The maximum absolute atomic E-state index is 12.6. The van der Waals surface area contributed by atoms with E-state index in [-0.39, 0.29) is 11.8 Å². The number of oxime groups is 1. The number of aromatic nitrogens is 1. The van der Waals surface area contributed by atoms with Crippen molar-refractivity contribution < 1.29 is 14.4 Å². The third-order valence-corrected chi connectivity index (χ3v) is 7.15. The van der Waals surface area contributed by atoms with Gasteiger partial charge < -0.3 is 15.5 Å². The summed E-state index contributed by atoms with van der Waals surface area (Å²) in [5.74, 6) is -0.477. The molecule has 164 valence electrons. The van der Waals surface area contributed by atoms with E-state index in [2.05, 4.69) is 20.8 Å². The molecule has 2 amide bonds. The quantitative estimate of drug-likeness (QED) is 0.573. The molecule has 0 spiro atoms. The summed E-state index contributed by atoms with van der Waals surface area (Å²) in [5, 5.41) is 11.7. The molecule has 1 saturated heterocycles. The molecule has 32 heavy (non-hydrogen) atoms. The molecule has 0 aliphatic carbocycles. The molecule has 1 aromatic carbocycles. The Bertz CT molecular complexity index is 1270.